The van der Waals surface area contributed by atoms with Gasteiger partial charge in [0.2, 0.25) is 0 Å². The third-order valence-corrected chi connectivity index (χ3v) is 3.91. The molecule has 0 aromatic heterocycles. The summed E-state index contributed by atoms with van der Waals surface area (Å²) in [5, 5.41) is 18.1. The second-order valence-electron chi connectivity index (χ2n) is 4.67. The molecule has 0 spiro atoms. The van der Waals surface area contributed by atoms with Crippen LogP contribution in [0.15, 0.2) is 0 Å². The molecule has 1 fully saturated rings. The molecule has 2 N–H and O–H groups in total. The minimum Gasteiger partial charge on any atom is -0.481 e. The second kappa shape index (κ2) is 3.29. The van der Waals surface area contributed by atoms with Crippen molar-refractivity contribution in [2.75, 3.05) is 6.61 Å². The standard InChI is InChI=1S/C10H18O3/c1-6-8(9(12)13)4-7(5-11)10(6,2)3/h6-8,11H,4-5H2,1-3H3,(H,12,13). The highest BCUT2D eigenvalue weighted by atomic mass is 16.4. The number of aliphatic hydroxyl groups is 1. The van der Waals surface area contributed by atoms with Crippen LogP contribution in [0, 0.1) is 23.2 Å². The average molecular weight is 186 g/mol. The summed E-state index contributed by atoms with van der Waals surface area (Å²) in [5.74, 6) is -0.741. The fraction of sp³-hybridized carbons (Fsp3) is 0.900. The van der Waals surface area contributed by atoms with Gasteiger partial charge in [0, 0.05) is 6.61 Å². The van der Waals surface area contributed by atoms with Crippen molar-refractivity contribution in [1.82, 2.24) is 0 Å². The third-order valence-electron chi connectivity index (χ3n) is 3.91. The fourth-order valence-corrected chi connectivity index (χ4v) is 2.33. The molecule has 1 aliphatic rings. The maximum atomic E-state index is 10.9. The second-order valence-corrected chi connectivity index (χ2v) is 4.67. The number of aliphatic carboxylic acids is 1. The summed E-state index contributed by atoms with van der Waals surface area (Å²) >= 11 is 0. The molecule has 0 amide bonds. The summed E-state index contributed by atoms with van der Waals surface area (Å²) < 4.78 is 0. The first-order chi connectivity index (χ1) is 5.91. The lowest BCUT2D eigenvalue weighted by Crippen LogP contribution is -2.28. The van der Waals surface area contributed by atoms with Gasteiger partial charge in [-0.05, 0) is 23.7 Å². The van der Waals surface area contributed by atoms with Gasteiger partial charge in [-0.15, -0.1) is 0 Å². The van der Waals surface area contributed by atoms with Crippen molar-refractivity contribution in [3.8, 4) is 0 Å². The number of carbonyl (C=O) groups is 1. The SMILES string of the molecule is CC1C(C(=O)O)CC(CO)C1(C)C. The molecule has 1 rings (SSSR count). The van der Waals surface area contributed by atoms with Crippen molar-refractivity contribution in [1.29, 1.82) is 0 Å². The predicted octanol–water partition coefficient (Wildman–Crippen LogP) is 1.36. The lowest BCUT2D eigenvalue weighted by molar-refractivity contribution is -0.143. The van der Waals surface area contributed by atoms with E-state index in [0.29, 0.717) is 6.42 Å². The van der Waals surface area contributed by atoms with E-state index in [1.165, 1.54) is 0 Å². The van der Waals surface area contributed by atoms with Gasteiger partial charge in [0.15, 0.2) is 0 Å². The Kier molecular flexibility index (Phi) is 2.66. The Hall–Kier alpha value is -0.570. The molecule has 0 aliphatic heterocycles. The van der Waals surface area contributed by atoms with E-state index in [4.69, 9.17) is 10.2 Å². The van der Waals surface area contributed by atoms with Crippen molar-refractivity contribution in [2.45, 2.75) is 27.2 Å². The highest BCUT2D eigenvalue weighted by molar-refractivity contribution is 5.71. The number of hydrogen-bond acceptors (Lipinski definition) is 2. The molecular weight excluding hydrogens is 168 g/mol. The van der Waals surface area contributed by atoms with Gasteiger partial charge in [0.25, 0.3) is 0 Å². The number of carboxylic acid groups (broad SMARTS) is 1. The Bertz CT molecular complexity index is 210. The van der Waals surface area contributed by atoms with Crippen molar-refractivity contribution in [3.05, 3.63) is 0 Å². The van der Waals surface area contributed by atoms with E-state index in [-0.39, 0.29) is 29.8 Å². The molecule has 0 saturated heterocycles. The van der Waals surface area contributed by atoms with Crippen LogP contribution in [0.1, 0.15) is 27.2 Å². The maximum absolute atomic E-state index is 10.9. The molecule has 0 bridgehead atoms. The number of hydrogen-bond donors (Lipinski definition) is 2. The Morgan fingerprint density at radius 3 is 2.31 bits per heavy atom. The fourth-order valence-electron chi connectivity index (χ4n) is 2.33. The first-order valence-electron chi connectivity index (χ1n) is 4.75. The average Bonchev–Trinajstić information content (AvgIpc) is 2.25. The molecule has 3 atom stereocenters. The highest BCUT2D eigenvalue weighted by Crippen LogP contribution is 2.50. The van der Waals surface area contributed by atoms with Gasteiger partial charge in [-0.25, -0.2) is 0 Å². The molecule has 3 nitrogen and oxygen atoms in total. The molecular formula is C10H18O3. The van der Waals surface area contributed by atoms with E-state index in [9.17, 15) is 4.79 Å². The van der Waals surface area contributed by atoms with Crippen LogP contribution in [-0.4, -0.2) is 22.8 Å². The molecule has 0 radical (unpaired) electrons. The number of rotatable bonds is 2. The molecule has 13 heavy (non-hydrogen) atoms. The molecule has 3 heteroatoms. The van der Waals surface area contributed by atoms with E-state index in [0.717, 1.165) is 0 Å². The van der Waals surface area contributed by atoms with Crippen molar-refractivity contribution >= 4 is 5.97 Å². The van der Waals surface area contributed by atoms with E-state index in [1.54, 1.807) is 0 Å². The van der Waals surface area contributed by atoms with Crippen LogP contribution in [0.25, 0.3) is 0 Å². The monoisotopic (exact) mass is 186 g/mol. The normalized spacial score (nSPS) is 37.7. The zero-order chi connectivity index (χ0) is 10.2. The lowest BCUT2D eigenvalue weighted by atomic mass is 9.75. The quantitative estimate of drug-likeness (QED) is 0.684. The lowest BCUT2D eigenvalue weighted by Gasteiger charge is -2.30. The Morgan fingerprint density at radius 1 is 1.54 bits per heavy atom. The van der Waals surface area contributed by atoms with Crippen LogP contribution >= 0.6 is 0 Å². The maximum Gasteiger partial charge on any atom is 0.306 e. The van der Waals surface area contributed by atoms with Crippen LogP contribution in [0.3, 0.4) is 0 Å². The third kappa shape index (κ3) is 1.57. The predicted molar refractivity (Wildman–Crippen MR) is 49.3 cm³/mol. The first-order valence-corrected chi connectivity index (χ1v) is 4.75. The number of carboxylic acids is 1. The zero-order valence-corrected chi connectivity index (χ0v) is 8.45. The summed E-state index contributed by atoms with van der Waals surface area (Å²) in [6, 6.07) is 0. The van der Waals surface area contributed by atoms with Crippen LogP contribution in [0.2, 0.25) is 0 Å². The van der Waals surface area contributed by atoms with Gasteiger partial charge in [-0.1, -0.05) is 20.8 Å². The molecule has 0 heterocycles. The van der Waals surface area contributed by atoms with Gasteiger partial charge >= 0.3 is 5.97 Å². The van der Waals surface area contributed by atoms with Crippen LogP contribution < -0.4 is 0 Å². The number of aliphatic hydroxyl groups excluding tert-OH is 1. The highest BCUT2D eigenvalue weighted by Gasteiger charge is 2.48. The van der Waals surface area contributed by atoms with Crippen molar-refractivity contribution in [3.63, 3.8) is 0 Å². The molecule has 3 unspecified atom stereocenters. The van der Waals surface area contributed by atoms with Crippen LogP contribution in [-0.2, 0) is 4.79 Å². The Morgan fingerprint density at radius 2 is 2.08 bits per heavy atom. The molecule has 76 valence electrons. The Labute approximate surface area is 78.8 Å². The summed E-state index contributed by atoms with van der Waals surface area (Å²) in [7, 11) is 0. The topological polar surface area (TPSA) is 57.5 Å². The summed E-state index contributed by atoms with van der Waals surface area (Å²) in [4.78, 5) is 10.9. The van der Waals surface area contributed by atoms with E-state index >= 15 is 0 Å². The van der Waals surface area contributed by atoms with Crippen LogP contribution in [0.4, 0.5) is 0 Å². The van der Waals surface area contributed by atoms with Gasteiger partial charge in [0.05, 0.1) is 5.92 Å². The van der Waals surface area contributed by atoms with E-state index < -0.39 is 5.97 Å². The van der Waals surface area contributed by atoms with Gasteiger partial charge < -0.3 is 10.2 Å². The largest absolute Gasteiger partial charge is 0.481 e. The van der Waals surface area contributed by atoms with Crippen molar-refractivity contribution in [2.24, 2.45) is 23.2 Å². The molecule has 0 aromatic rings. The summed E-state index contributed by atoms with van der Waals surface area (Å²) in [6.45, 7) is 6.15. The first kappa shape index (κ1) is 10.5. The molecule has 1 saturated carbocycles. The van der Waals surface area contributed by atoms with Gasteiger partial charge in [-0.3, -0.25) is 4.79 Å². The van der Waals surface area contributed by atoms with Gasteiger partial charge in [0.1, 0.15) is 0 Å². The van der Waals surface area contributed by atoms with E-state index in [1.807, 2.05) is 20.8 Å². The van der Waals surface area contributed by atoms with Crippen LogP contribution in [0.5, 0.6) is 0 Å². The zero-order valence-electron chi connectivity index (χ0n) is 8.45. The minimum atomic E-state index is -0.725. The van der Waals surface area contributed by atoms with E-state index in [2.05, 4.69) is 0 Å². The van der Waals surface area contributed by atoms with Gasteiger partial charge in [-0.2, -0.15) is 0 Å². The molecule has 1 aliphatic carbocycles. The summed E-state index contributed by atoms with van der Waals surface area (Å²) in [5.41, 5.74) is -0.0577. The smallest absolute Gasteiger partial charge is 0.306 e. The molecule has 0 aromatic carbocycles. The minimum absolute atomic E-state index is 0.0577. The summed E-state index contributed by atoms with van der Waals surface area (Å²) in [6.07, 6.45) is 0.611. The van der Waals surface area contributed by atoms with Crippen molar-refractivity contribution < 1.29 is 15.0 Å². The Balaban J connectivity index is 2.84.